The first-order valence-corrected chi connectivity index (χ1v) is 8.36. The first-order valence-electron chi connectivity index (χ1n) is 7.98. The number of ether oxygens (including phenoxy) is 2. The molecule has 1 unspecified atom stereocenters. The second kappa shape index (κ2) is 7.23. The largest absolute Gasteiger partial charge is 0.497 e. The Morgan fingerprint density at radius 3 is 2.56 bits per heavy atom. The predicted octanol–water partition coefficient (Wildman–Crippen LogP) is 2.14. The Kier molecular flexibility index (Phi) is 5.03. The summed E-state index contributed by atoms with van der Waals surface area (Å²) in [6.45, 7) is 1.66. The van der Waals surface area contributed by atoms with Crippen molar-refractivity contribution in [2.75, 3.05) is 37.5 Å². The number of hydrogen-bond acceptors (Lipinski definition) is 6. The molecule has 0 saturated carbocycles. The summed E-state index contributed by atoms with van der Waals surface area (Å²) in [5, 5.41) is 7.50. The number of aryl methyl sites for hydroxylation is 1. The molecule has 0 spiro atoms. The molecule has 25 heavy (non-hydrogen) atoms. The molecule has 0 amide bonds. The van der Waals surface area contributed by atoms with Gasteiger partial charge in [-0.1, -0.05) is 11.6 Å². The Hall–Kier alpha value is -2.41. The van der Waals surface area contributed by atoms with Crippen molar-refractivity contribution in [1.82, 2.24) is 9.78 Å². The average molecular weight is 365 g/mol. The minimum absolute atomic E-state index is 0.166. The van der Waals surface area contributed by atoms with Crippen LogP contribution in [0.3, 0.4) is 0 Å². The van der Waals surface area contributed by atoms with Gasteiger partial charge in [0, 0.05) is 50.1 Å². The van der Waals surface area contributed by atoms with Crippen LogP contribution in [0.25, 0.3) is 0 Å². The number of methoxy groups -OCH3 is 2. The molecule has 134 valence electrons. The maximum atomic E-state index is 11.9. The van der Waals surface area contributed by atoms with Crippen LogP contribution in [-0.2, 0) is 7.05 Å². The molecular weight excluding hydrogens is 344 g/mol. The van der Waals surface area contributed by atoms with Crippen LogP contribution >= 0.6 is 11.6 Å². The first-order chi connectivity index (χ1) is 12.0. The molecule has 1 saturated heterocycles. The van der Waals surface area contributed by atoms with E-state index in [4.69, 9.17) is 21.1 Å². The molecule has 0 aliphatic carbocycles. The van der Waals surface area contributed by atoms with Crippen LogP contribution in [0.15, 0.2) is 29.2 Å². The minimum Gasteiger partial charge on any atom is -0.497 e. The Morgan fingerprint density at radius 1 is 1.24 bits per heavy atom. The first kappa shape index (κ1) is 17.4. The molecule has 8 heteroatoms. The second-order valence-corrected chi connectivity index (χ2v) is 6.33. The van der Waals surface area contributed by atoms with Crippen LogP contribution < -0.4 is 25.2 Å². The third-order valence-corrected chi connectivity index (χ3v) is 4.69. The smallest absolute Gasteiger partial charge is 0.287 e. The van der Waals surface area contributed by atoms with Gasteiger partial charge < -0.3 is 19.7 Å². The van der Waals surface area contributed by atoms with E-state index < -0.39 is 0 Å². The van der Waals surface area contributed by atoms with Crippen molar-refractivity contribution in [3.05, 3.63) is 39.8 Å². The minimum atomic E-state index is -0.306. The number of benzene rings is 1. The Labute approximate surface area is 151 Å². The van der Waals surface area contributed by atoms with E-state index in [1.807, 2.05) is 18.2 Å². The van der Waals surface area contributed by atoms with Crippen LogP contribution in [-0.4, -0.2) is 43.1 Å². The monoisotopic (exact) mass is 364 g/mol. The number of rotatable bonds is 5. The van der Waals surface area contributed by atoms with Gasteiger partial charge in [0.2, 0.25) is 0 Å². The lowest BCUT2D eigenvalue weighted by Crippen LogP contribution is -2.28. The molecule has 1 aliphatic heterocycles. The van der Waals surface area contributed by atoms with E-state index in [9.17, 15) is 4.79 Å². The van der Waals surface area contributed by atoms with Crippen molar-refractivity contribution in [1.29, 1.82) is 0 Å². The predicted molar refractivity (Wildman–Crippen MR) is 98.3 cm³/mol. The summed E-state index contributed by atoms with van der Waals surface area (Å²) in [7, 11) is 4.85. The lowest BCUT2D eigenvalue weighted by atomic mass is 10.2. The van der Waals surface area contributed by atoms with Gasteiger partial charge in [-0.05, 0) is 6.42 Å². The summed E-state index contributed by atoms with van der Waals surface area (Å²) in [5.41, 5.74) is 1.30. The Balaban J connectivity index is 1.74. The quantitative estimate of drug-likeness (QED) is 0.876. The molecule has 2 heterocycles. The fourth-order valence-corrected chi connectivity index (χ4v) is 3.14. The molecule has 1 aromatic carbocycles. The summed E-state index contributed by atoms with van der Waals surface area (Å²) in [6.07, 6.45) is 2.51. The number of nitrogens with one attached hydrogen (secondary N) is 1. The summed E-state index contributed by atoms with van der Waals surface area (Å²) in [4.78, 5) is 14.1. The van der Waals surface area contributed by atoms with Crippen molar-refractivity contribution in [2.24, 2.45) is 7.05 Å². The van der Waals surface area contributed by atoms with Crippen molar-refractivity contribution >= 4 is 23.0 Å². The lowest BCUT2D eigenvalue weighted by molar-refractivity contribution is 0.394. The van der Waals surface area contributed by atoms with E-state index in [1.165, 1.54) is 4.68 Å². The van der Waals surface area contributed by atoms with Crippen LogP contribution in [0.4, 0.5) is 11.4 Å². The van der Waals surface area contributed by atoms with E-state index in [1.54, 1.807) is 27.5 Å². The van der Waals surface area contributed by atoms with E-state index in [0.717, 1.165) is 36.7 Å². The van der Waals surface area contributed by atoms with Crippen LogP contribution in [0.5, 0.6) is 11.5 Å². The molecular formula is C17H21ClN4O3. The number of halogens is 1. The molecule has 1 aliphatic rings. The molecule has 0 bridgehead atoms. The van der Waals surface area contributed by atoms with Gasteiger partial charge in [-0.2, -0.15) is 5.10 Å². The zero-order valence-corrected chi connectivity index (χ0v) is 15.2. The highest BCUT2D eigenvalue weighted by Crippen LogP contribution is 2.31. The van der Waals surface area contributed by atoms with Gasteiger partial charge in [-0.15, -0.1) is 0 Å². The van der Waals surface area contributed by atoms with Gasteiger partial charge in [0.1, 0.15) is 16.5 Å². The van der Waals surface area contributed by atoms with Gasteiger partial charge in [-0.3, -0.25) is 4.79 Å². The van der Waals surface area contributed by atoms with Gasteiger partial charge >= 0.3 is 0 Å². The van der Waals surface area contributed by atoms with Gasteiger partial charge in [-0.25, -0.2) is 4.68 Å². The fourth-order valence-electron chi connectivity index (χ4n) is 2.92. The van der Waals surface area contributed by atoms with Gasteiger partial charge in [0.25, 0.3) is 5.56 Å². The molecule has 1 atom stereocenters. The Morgan fingerprint density at radius 2 is 1.92 bits per heavy atom. The molecule has 1 fully saturated rings. The van der Waals surface area contributed by atoms with Crippen LogP contribution in [0.2, 0.25) is 5.02 Å². The van der Waals surface area contributed by atoms with Gasteiger partial charge in [0.15, 0.2) is 0 Å². The molecule has 7 nitrogen and oxygen atoms in total. The highest BCUT2D eigenvalue weighted by atomic mass is 35.5. The number of hydrogen-bond donors (Lipinski definition) is 1. The van der Waals surface area contributed by atoms with Crippen molar-refractivity contribution < 1.29 is 9.47 Å². The third-order valence-electron chi connectivity index (χ3n) is 4.33. The summed E-state index contributed by atoms with van der Waals surface area (Å²) in [6, 6.07) is 5.99. The summed E-state index contributed by atoms with van der Waals surface area (Å²) in [5.74, 6) is 1.51. The Bertz CT molecular complexity index is 802. The maximum Gasteiger partial charge on any atom is 0.287 e. The molecule has 3 rings (SSSR count). The number of anilines is 2. The topological polar surface area (TPSA) is 68.6 Å². The highest BCUT2D eigenvalue weighted by Gasteiger charge is 2.24. The molecule has 0 radical (unpaired) electrons. The molecule has 1 N–H and O–H groups in total. The van der Waals surface area contributed by atoms with Crippen LogP contribution in [0.1, 0.15) is 6.42 Å². The maximum absolute atomic E-state index is 11.9. The lowest BCUT2D eigenvalue weighted by Gasteiger charge is -2.21. The van der Waals surface area contributed by atoms with Gasteiger partial charge in [0.05, 0.1) is 26.1 Å². The van der Waals surface area contributed by atoms with E-state index in [-0.39, 0.29) is 16.6 Å². The summed E-state index contributed by atoms with van der Waals surface area (Å²) < 4.78 is 11.9. The third kappa shape index (κ3) is 3.66. The second-order valence-electron chi connectivity index (χ2n) is 5.95. The molecule has 2 aromatic rings. The SMILES string of the molecule is COc1cc(OC)cc(N2CCC(Nc3cnn(C)c(=O)c3Cl)C2)c1. The van der Waals surface area contributed by atoms with E-state index in [2.05, 4.69) is 15.3 Å². The normalized spacial score (nSPS) is 16.8. The van der Waals surface area contributed by atoms with Crippen molar-refractivity contribution in [3.8, 4) is 11.5 Å². The number of aromatic nitrogens is 2. The van der Waals surface area contributed by atoms with Crippen molar-refractivity contribution in [3.63, 3.8) is 0 Å². The fraction of sp³-hybridized carbons (Fsp3) is 0.412. The standard InChI is InChI=1S/C17H21ClN4O3/c1-21-17(23)16(18)15(9-19-21)20-11-4-5-22(10-11)12-6-13(24-2)8-14(7-12)25-3/h6-9,11,20H,4-5,10H2,1-3H3. The van der Waals surface area contributed by atoms with E-state index in [0.29, 0.717) is 5.69 Å². The average Bonchev–Trinajstić information content (AvgIpc) is 3.10. The molecule has 1 aromatic heterocycles. The number of nitrogens with zero attached hydrogens (tertiary/aromatic N) is 3. The van der Waals surface area contributed by atoms with E-state index >= 15 is 0 Å². The highest BCUT2D eigenvalue weighted by molar-refractivity contribution is 6.32. The summed E-state index contributed by atoms with van der Waals surface area (Å²) >= 11 is 6.13. The van der Waals surface area contributed by atoms with Crippen LogP contribution in [0, 0.1) is 0 Å². The van der Waals surface area contributed by atoms with Crippen molar-refractivity contribution in [2.45, 2.75) is 12.5 Å². The zero-order chi connectivity index (χ0) is 18.0. The zero-order valence-electron chi connectivity index (χ0n) is 14.5.